The fourth-order valence-corrected chi connectivity index (χ4v) is 2.83. The number of halogens is 3. The Morgan fingerprint density at radius 3 is 2.96 bits per heavy atom. The molecule has 6 nitrogen and oxygen atoms in total. The number of esters is 1. The molecule has 9 heteroatoms. The summed E-state index contributed by atoms with van der Waals surface area (Å²) in [6, 6.07) is 7.68. The summed E-state index contributed by atoms with van der Waals surface area (Å²) in [5.41, 5.74) is 0.802. The number of hydrogen-bond acceptors (Lipinski definition) is 6. The third-order valence-corrected chi connectivity index (χ3v) is 4.28. The number of carbonyl (C=O) groups is 1. The smallest absolute Gasteiger partial charge is 0.343 e. The third kappa shape index (κ3) is 5.07. The zero-order valence-electron chi connectivity index (χ0n) is 14.5. The number of methoxy groups -OCH3 is 1. The minimum atomic E-state index is -0.552. The molecule has 1 aliphatic heterocycles. The maximum Gasteiger partial charge on any atom is 0.343 e. The van der Waals surface area contributed by atoms with Crippen molar-refractivity contribution in [3.05, 3.63) is 58.5 Å². The van der Waals surface area contributed by atoms with Crippen molar-refractivity contribution in [2.24, 2.45) is 0 Å². The molecule has 3 rings (SSSR count). The molecular formula is C18H19Cl2FN2O4. The highest BCUT2D eigenvalue weighted by Gasteiger charge is 2.30. The third-order valence-electron chi connectivity index (χ3n) is 3.97. The standard InChI is InChI=1S/C18H18ClFN2O4.ClH/c1-24-18(23)12-3-2-6-22-17(12)26-15-10-21-7-8-25-16(15)11-4-5-13(19)14(20)9-11;/h2-6,9,15-16,21H,7-8,10H2,1H3;1H. The molecule has 0 bridgehead atoms. The van der Waals surface area contributed by atoms with Gasteiger partial charge in [-0.15, -0.1) is 12.4 Å². The summed E-state index contributed by atoms with van der Waals surface area (Å²) in [7, 11) is 1.29. The maximum absolute atomic E-state index is 13.9. The fraction of sp³-hybridized carbons (Fsp3) is 0.333. The van der Waals surface area contributed by atoms with Crippen LogP contribution < -0.4 is 10.1 Å². The highest BCUT2D eigenvalue weighted by atomic mass is 35.5. The topological polar surface area (TPSA) is 69.7 Å². The predicted octanol–water partition coefficient (Wildman–Crippen LogP) is 3.19. The molecular weight excluding hydrogens is 398 g/mol. The molecule has 0 aliphatic carbocycles. The van der Waals surface area contributed by atoms with Crippen LogP contribution in [0.4, 0.5) is 4.39 Å². The Bertz CT molecular complexity index is 794. The summed E-state index contributed by atoms with van der Waals surface area (Å²) < 4.78 is 30.5. The first kappa shape index (κ1) is 21.4. The van der Waals surface area contributed by atoms with E-state index in [9.17, 15) is 9.18 Å². The van der Waals surface area contributed by atoms with Gasteiger partial charge in [0, 0.05) is 19.3 Å². The normalized spacial score (nSPS) is 19.5. The van der Waals surface area contributed by atoms with Crippen molar-refractivity contribution in [3.8, 4) is 5.88 Å². The van der Waals surface area contributed by atoms with Crippen LogP contribution in [0, 0.1) is 5.82 Å². The predicted molar refractivity (Wildman–Crippen MR) is 100 cm³/mol. The lowest BCUT2D eigenvalue weighted by Crippen LogP contribution is -2.35. The zero-order chi connectivity index (χ0) is 18.5. The molecule has 1 aromatic carbocycles. The SMILES string of the molecule is COC(=O)c1cccnc1OC1CNCCOC1c1ccc(Cl)c(F)c1.Cl. The van der Waals surface area contributed by atoms with Crippen LogP contribution in [-0.2, 0) is 9.47 Å². The largest absolute Gasteiger partial charge is 0.469 e. The van der Waals surface area contributed by atoms with E-state index in [1.807, 2.05) is 0 Å². The molecule has 1 saturated heterocycles. The van der Waals surface area contributed by atoms with Crippen molar-refractivity contribution in [3.63, 3.8) is 0 Å². The van der Waals surface area contributed by atoms with Crippen molar-refractivity contribution in [1.29, 1.82) is 0 Å². The zero-order valence-corrected chi connectivity index (χ0v) is 16.1. The summed E-state index contributed by atoms with van der Waals surface area (Å²) in [4.78, 5) is 16.1. The fourth-order valence-electron chi connectivity index (χ4n) is 2.71. The summed E-state index contributed by atoms with van der Waals surface area (Å²) in [5.74, 6) is -0.947. The number of aromatic nitrogens is 1. The molecule has 1 fully saturated rings. The van der Waals surface area contributed by atoms with Crippen LogP contribution in [0.1, 0.15) is 22.0 Å². The van der Waals surface area contributed by atoms with Crippen molar-refractivity contribution in [1.82, 2.24) is 10.3 Å². The average Bonchev–Trinajstić information content (AvgIpc) is 2.89. The Morgan fingerprint density at radius 1 is 1.41 bits per heavy atom. The van der Waals surface area contributed by atoms with E-state index in [1.165, 1.54) is 25.4 Å². The Hall–Kier alpha value is -1.93. The van der Waals surface area contributed by atoms with Crippen molar-refractivity contribution < 1.29 is 23.4 Å². The lowest BCUT2D eigenvalue weighted by molar-refractivity contribution is -0.0108. The molecule has 2 heterocycles. The first-order valence-corrected chi connectivity index (χ1v) is 8.45. The van der Waals surface area contributed by atoms with Gasteiger partial charge in [0.1, 0.15) is 23.6 Å². The highest BCUT2D eigenvalue weighted by molar-refractivity contribution is 6.30. The monoisotopic (exact) mass is 416 g/mol. The summed E-state index contributed by atoms with van der Waals surface area (Å²) in [6.45, 7) is 1.49. The van der Waals surface area contributed by atoms with E-state index in [0.29, 0.717) is 25.3 Å². The van der Waals surface area contributed by atoms with Gasteiger partial charge in [-0.05, 0) is 29.8 Å². The lowest BCUT2D eigenvalue weighted by atomic mass is 10.0. The number of ether oxygens (including phenoxy) is 3. The minimum absolute atomic E-state index is 0. The molecule has 2 atom stereocenters. The molecule has 27 heavy (non-hydrogen) atoms. The summed E-state index contributed by atoms with van der Waals surface area (Å²) in [6.07, 6.45) is 0.435. The van der Waals surface area contributed by atoms with Crippen molar-refractivity contribution in [2.45, 2.75) is 12.2 Å². The average molecular weight is 417 g/mol. The van der Waals surface area contributed by atoms with E-state index in [0.717, 1.165) is 0 Å². The van der Waals surface area contributed by atoms with E-state index >= 15 is 0 Å². The number of nitrogens with zero attached hydrogens (tertiary/aromatic N) is 1. The van der Waals surface area contributed by atoms with Gasteiger partial charge in [0.05, 0.1) is 18.7 Å². The Morgan fingerprint density at radius 2 is 2.22 bits per heavy atom. The van der Waals surface area contributed by atoms with Gasteiger partial charge >= 0.3 is 5.97 Å². The Balaban J connectivity index is 0.00000261. The van der Waals surface area contributed by atoms with Gasteiger partial charge in [0.2, 0.25) is 5.88 Å². The van der Waals surface area contributed by atoms with Crippen LogP contribution in [0.5, 0.6) is 5.88 Å². The second kappa shape index (κ2) is 9.85. The second-order valence-corrected chi connectivity index (χ2v) is 6.08. The molecule has 146 valence electrons. The second-order valence-electron chi connectivity index (χ2n) is 5.67. The quantitative estimate of drug-likeness (QED) is 0.771. The van der Waals surface area contributed by atoms with Crippen LogP contribution in [0.2, 0.25) is 5.02 Å². The lowest BCUT2D eigenvalue weighted by Gasteiger charge is -2.26. The van der Waals surface area contributed by atoms with Crippen molar-refractivity contribution >= 4 is 30.0 Å². The van der Waals surface area contributed by atoms with Crippen LogP contribution in [0.15, 0.2) is 36.5 Å². The number of benzene rings is 1. The van der Waals surface area contributed by atoms with Crippen LogP contribution >= 0.6 is 24.0 Å². The van der Waals surface area contributed by atoms with E-state index in [4.69, 9.17) is 25.8 Å². The number of pyridine rings is 1. The molecule has 0 radical (unpaired) electrons. The molecule has 2 aromatic rings. The number of carbonyl (C=O) groups excluding carboxylic acids is 1. The number of nitrogens with one attached hydrogen (secondary N) is 1. The van der Waals surface area contributed by atoms with E-state index in [-0.39, 0.29) is 28.9 Å². The van der Waals surface area contributed by atoms with Gasteiger partial charge in [-0.3, -0.25) is 0 Å². The van der Waals surface area contributed by atoms with Gasteiger partial charge in [-0.1, -0.05) is 17.7 Å². The summed E-state index contributed by atoms with van der Waals surface area (Å²) in [5, 5.41) is 3.23. The van der Waals surface area contributed by atoms with E-state index in [2.05, 4.69) is 10.3 Å². The van der Waals surface area contributed by atoms with Gasteiger partial charge in [0.15, 0.2) is 0 Å². The van der Waals surface area contributed by atoms with Crippen LogP contribution in [0.25, 0.3) is 0 Å². The maximum atomic E-state index is 13.9. The van der Waals surface area contributed by atoms with Crippen LogP contribution in [-0.4, -0.2) is 43.9 Å². The summed E-state index contributed by atoms with van der Waals surface area (Å²) >= 11 is 5.77. The molecule has 0 saturated carbocycles. The molecule has 1 aromatic heterocycles. The number of hydrogen-bond donors (Lipinski definition) is 1. The van der Waals surface area contributed by atoms with Gasteiger partial charge in [0.25, 0.3) is 0 Å². The van der Waals surface area contributed by atoms with Crippen molar-refractivity contribution in [2.75, 3.05) is 26.8 Å². The first-order chi connectivity index (χ1) is 12.6. The van der Waals surface area contributed by atoms with Gasteiger partial charge < -0.3 is 19.5 Å². The van der Waals surface area contributed by atoms with E-state index < -0.39 is 24.0 Å². The Kier molecular flexibility index (Phi) is 7.79. The van der Waals surface area contributed by atoms with Gasteiger partial charge in [-0.25, -0.2) is 14.2 Å². The first-order valence-electron chi connectivity index (χ1n) is 8.07. The Labute approximate surface area is 167 Å². The molecule has 0 spiro atoms. The van der Waals surface area contributed by atoms with Crippen LogP contribution in [0.3, 0.4) is 0 Å². The van der Waals surface area contributed by atoms with Gasteiger partial charge in [-0.2, -0.15) is 0 Å². The highest BCUT2D eigenvalue weighted by Crippen LogP contribution is 2.29. The molecule has 1 aliphatic rings. The molecule has 0 amide bonds. The molecule has 1 N–H and O–H groups in total. The number of rotatable bonds is 4. The minimum Gasteiger partial charge on any atom is -0.469 e. The van der Waals surface area contributed by atoms with E-state index in [1.54, 1.807) is 18.2 Å². The molecule has 2 unspecified atom stereocenters.